The first-order chi connectivity index (χ1) is 14.3. The minimum Gasteiger partial charge on any atom is -0.372 e. The van der Waals surface area contributed by atoms with Gasteiger partial charge in [0.2, 0.25) is 0 Å². The summed E-state index contributed by atoms with van der Waals surface area (Å²) in [5, 5.41) is 0. The van der Waals surface area contributed by atoms with E-state index in [9.17, 15) is 0 Å². The molecule has 0 aliphatic carbocycles. The van der Waals surface area contributed by atoms with E-state index < -0.39 is 0 Å². The number of hydrogen-bond donors (Lipinski definition) is 0. The van der Waals surface area contributed by atoms with Gasteiger partial charge in [-0.2, -0.15) is 0 Å². The summed E-state index contributed by atoms with van der Waals surface area (Å²) in [6, 6.07) is 38.1. The van der Waals surface area contributed by atoms with Gasteiger partial charge in [0.1, 0.15) is 0 Å². The molecule has 4 rings (SSSR count). The molecule has 0 N–H and O–H groups in total. The molecule has 4 aromatic carbocycles. The Bertz CT molecular complexity index is 913. The molecule has 0 aliphatic rings. The SMILES string of the molecule is c1ccc(Sc2ccc(COCc3ccc(Sc4ccccc4)cc3)cc2)cc1. The Balaban J connectivity index is 1.24. The second-order valence-corrected chi connectivity index (χ2v) is 8.90. The van der Waals surface area contributed by atoms with Crippen molar-refractivity contribution in [3.63, 3.8) is 0 Å². The summed E-state index contributed by atoms with van der Waals surface area (Å²) in [7, 11) is 0. The van der Waals surface area contributed by atoms with Gasteiger partial charge >= 0.3 is 0 Å². The van der Waals surface area contributed by atoms with Crippen LogP contribution in [0.2, 0.25) is 0 Å². The quantitative estimate of drug-likeness (QED) is 0.292. The van der Waals surface area contributed by atoms with Crippen LogP contribution in [0, 0.1) is 0 Å². The van der Waals surface area contributed by atoms with Crippen LogP contribution < -0.4 is 0 Å². The zero-order valence-corrected chi connectivity index (χ0v) is 17.7. The van der Waals surface area contributed by atoms with E-state index in [-0.39, 0.29) is 0 Å². The lowest BCUT2D eigenvalue weighted by Gasteiger charge is -2.07. The summed E-state index contributed by atoms with van der Waals surface area (Å²) in [5.41, 5.74) is 2.39. The second kappa shape index (κ2) is 10.4. The third-order valence-electron chi connectivity index (χ3n) is 4.34. The molecule has 0 bridgehead atoms. The zero-order chi connectivity index (χ0) is 19.7. The van der Waals surface area contributed by atoms with Crippen molar-refractivity contribution < 1.29 is 4.74 Å². The highest BCUT2D eigenvalue weighted by Gasteiger charge is 2.01. The van der Waals surface area contributed by atoms with E-state index in [2.05, 4.69) is 97.1 Å². The average Bonchev–Trinajstić information content (AvgIpc) is 2.78. The maximum atomic E-state index is 5.91. The minimum absolute atomic E-state index is 0.622. The maximum absolute atomic E-state index is 5.91. The first-order valence-electron chi connectivity index (χ1n) is 9.57. The molecule has 4 aromatic rings. The Morgan fingerprint density at radius 2 is 0.759 bits per heavy atom. The molecule has 0 aliphatic heterocycles. The molecular weight excluding hydrogens is 392 g/mol. The van der Waals surface area contributed by atoms with Gasteiger partial charge in [0.15, 0.2) is 0 Å². The van der Waals surface area contributed by atoms with Crippen LogP contribution in [0.25, 0.3) is 0 Å². The van der Waals surface area contributed by atoms with E-state index in [0.717, 1.165) is 0 Å². The van der Waals surface area contributed by atoms with E-state index in [1.54, 1.807) is 23.5 Å². The predicted molar refractivity (Wildman–Crippen MR) is 123 cm³/mol. The fourth-order valence-corrected chi connectivity index (χ4v) is 4.52. The van der Waals surface area contributed by atoms with Gasteiger partial charge in [-0.25, -0.2) is 0 Å². The van der Waals surface area contributed by atoms with Crippen molar-refractivity contribution in [1.82, 2.24) is 0 Å². The van der Waals surface area contributed by atoms with E-state index in [1.165, 1.54) is 30.7 Å². The molecular formula is C26H22OS2. The van der Waals surface area contributed by atoms with Crippen LogP contribution in [-0.2, 0) is 18.0 Å². The summed E-state index contributed by atoms with van der Waals surface area (Å²) < 4.78 is 5.91. The smallest absolute Gasteiger partial charge is 0.0721 e. The van der Waals surface area contributed by atoms with E-state index in [0.29, 0.717) is 13.2 Å². The molecule has 0 saturated carbocycles. The molecule has 3 heteroatoms. The van der Waals surface area contributed by atoms with Gasteiger partial charge in [0.25, 0.3) is 0 Å². The summed E-state index contributed by atoms with van der Waals surface area (Å²) in [4.78, 5) is 4.99. The minimum atomic E-state index is 0.622. The summed E-state index contributed by atoms with van der Waals surface area (Å²) in [6.45, 7) is 1.24. The van der Waals surface area contributed by atoms with Crippen molar-refractivity contribution in [3.05, 3.63) is 120 Å². The Morgan fingerprint density at radius 3 is 1.14 bits per heavy atom. The van der Waals surface area contributed by atoms with Gasteiger partial charge in [0, 0.05) is 19.6 Å². The zero-order valence-electron chi connectivity index (χ0n) is 16.0. The van der Waals surface area contributed by atoms with Gasteiger partial charge < -0.3 is 4.74 Å². The van der Waals surface area contributed by atoms with Gasteiger partial charge in [-0.3, -0.25) is 0 Å². The number of hydrogen-bond acceptors (Lipinski definition) is 3. The first kappa shape index (κ1) is 19.8. The van der Waals surface area contributed by atoms with Crippen molar-refractivity contribution in [1.29, 1.82) is 0 Å². The predicted octanol–water partition coefficient (Wildman–Crippen LogP) is 7.71. The van der Waals surface area contributed by atoms with Crippen LogP contribution in [0.4, 0.5) is 0 Å². The largest absolute Gasteiger partial charge is 0.372 e. The highest BCUT2D eigenvalue weighted by molar-refractivity contribution is 7.99. The third-order valence-corrected chi connectivity index (χ3v) is 6.37. The molecule has 0 fully saturated rings. The molecule has 144 valence electrons. The van der Waals surface area contributed by atoms with Crippen molar-refractivity contribution in [2.24, 2.45) is 0 Å². The van der Waals surface area contributed by atoms with Gasteiger partial charge in [-0.1, -0.05) is 84.2 Å². The number of ether oxygens (including phenoxy) is 1. The van der Waals surface area contributed by atoms with Crippen LogP contribution in [0.5, 0.6) is 0 Å². The molecule has 0 spiro atoms. The van der Waals surface area contributed by atoms with Crippen molar-refractivity contribution in [3.8, 4) is 0 Å². The van der Waals surface area contributed by atoms with Crippen LogP contribution in [0.15, 0.2) is 129 Å². The van der Waals surface area contributed by atoms with Crippen molar-refractivity contribution >= 4 is 23.5 Å². The van der Waals surface area contributed by atoms with E-state index in [4.69, 9.17) is 4.74 Å². The normalized spacial score (nSPS) is 10.8. The summed E-state index contributed by atoms with van der Waals surface area (Å²) >= 11 is 3.55. The third kappa shape index (κ3) is 6.26. The van der Waals surface area contributed by atoms with Crippen molar-refractivity contribution in [2.75, 3.05) is 0 Å². The lowest BCUT2D eigenvalue weighted by Crippen LogP contribution is -1.94. The number of benzene rings is 4. The Labute approximate surface area is 181 Å². The van der Waals surface area contributed by atoms with Crippen LogP contribution in [0.3, 0.4) is 0 Å². The van der Waals surface area contributed by atoms with Gasteiger partial charge in [-0.15, -0.1) is 0 Å². The molecule has 0 unspecified atom stereocenters. The van der Waals surface area contributed by atoms with Crippen molar-refractivity contribution in [2.45, 2.75) is 32.8 Å². The first-order valence-corrected chi connectivity index (χ1v) is 11.2. The van der Waals surface area contributed by atoms with E-state index in [1.807, 2.05) is 12.1 Å². The van der Waals surface area contributed by atoms with Crippen LogP contribution in [0.1, 0.15) is 11.1 Å². The fraction of sp³-hybridized carbons (Fsp3) is 0.0769. The molecule has 0 aromatic heterocycles. The Kier molecular flexibility index (Phi) is 7.08. The number of rotatable bonds is 8. The van der Waals surface area contributed by atoms with Crippen LogP contribution in [-0.4, -0.2) is 0 Å². The molecule has 0 radical (unpaired) electrons. The molecule has 29 heavy (non-hydrogen) atoms. The Morgan fingerprint density at radius 1 is 0.414 bits per heavy atom. The molecule has 0 atom stereocenters. The highest BCUT2D eigenvalue weighted by Crippen LogP contribution is 2.28. The second-order valence-electron chi connectivity index (χ2n) is 6.61. The van der Waals surface area contributed by atoms with Gasteiger partial charge in [-0.05, 0) is 59.7 Å². The molecule has 0 heterocycles. The lowest BCUT2D eigenvalue weighted by molar-refractivity contribution is 0.107. The van der Waals surface area contributed by atoms with Crippen LogP contribution >= 0.6 is 23.5 Å². The molecule has 0 saturated heterocycles. The summed E-state index contributed by atoms with van der Waals surface area (Å²) in [6.07, 6.45) is 0. The summed E-state index contributed by atoms with van der Waals surface area (Å²) in [5.74, 6) is 0. The monoisotopic (exact) mass is 414 g/mol. The molecule has 1 nitrogen and oxygen atoms in total. The van der Waals surface area contributed by atoms with E-state index >= 15 is 0 Å². The maximum Gasteiger partial charge on any atom is 0.0721 e. The standard InChI is InChI=1S/C26H22OS2/c1-3-7-23(8-4-1)28-25-15-11-21(12-16-25)19-27-20-22-13-17-26(18-14-22)29-24-9-5-2-6-10-24/h1-18H,19-20H2. The van der Waals surface area contributed by atoms with Gasteiger partial charge in [0.05, 0.1) is 13.2 Å². The average molecular weight is 415 g/mol. The fourth-order valence-electron chi connectivity index (χ4n) is 2.84. The molecule has 0 amide bonds. The topological polar surface area (TPSA) is 9.23 Å². The highest BCUT2D eigenvalue weighted by atomic mass is 32.2. The Hall–Kier alpha value is -2.46. The lowest BCUT2D eigenvalue weighted by atomic mass is 10.2.